The van der Waals surface area contributed by atoms with Crippen molar-refractivity contribution in [1.29, 1.82) is 5.26 Å². The molecule has 0 bridgehead atoms. The number of carboxylic acids is 1. The predicted octanol–water partition coefficient (Wildman–Crippen LogP) is 1.70. The average molecular weight is 263 g/mol. The second-order valence-electron chi connectivity index (χ2n) is 3.42. The Bertz CT molecular complexity index is 532. The molecule has 0 saturated heterocycles. The minimum absolute atomic E-state index is 0.00764. The van der Waals surface area contributed by atoms with Crippen LogP contribution in [-0.4, -0.2) is 32.4 Å². The fourth-order valence-corrected chi connectivity index (χ4v) is 1.54. The van der Waals surface area contributed by atoms with E-state index in [1.54, 1.807) is 0 Å². The quantitative estimate of drug-likeness (QED) is 0.642. The molecule has 0 aliphatic carbocycles. The molecule has 0 saturated carbocycles. The second kappa shape index (κ2) is 6.31. The van der Waals surface area contributed by atoms with Crippen molar-refractivity contribution in [3.63, 3.8) is 0 Å². The number of aliphatic carboxylic acids is 1. The van der Waals surface area contributed by atoms with Crippen molar-refractivity contribution in [2.75, 3.05) is 21.3 Å². The Kier molecular flexibility index (Phi) is 4.77. The molecule has 6 heteroatoms. The van der Waals surface area contributed by atoms with E-state index >= 15 is 0 Å². The molecular formula is C13H13NO5. The van der Waals surface area contributed by atoms with Crippen molar-refractivity contribution in [1.82, 2.24) is 0 Å². The van der Waals surface area contributed by atoms with Gasteiger partial charge in [-0.05, 0) is 12.1 Å². The summed E-state index contributed by atoms with van der Waals surface area (Å²) in [5.74, 6) is -0.126. The highest BCUT2D eigenvalue weighted by Gasteiger charge is 2.15. The molecule has 19 heavy (non-hydrogen) atoms. The summed E-state index contributed by atoms with van der Waals surface area (Å²) < 4.78 is 15.4. The molecule has 0 unspecified atom stereocenters. The van der Waals surface area contributed by atoms with Crippen LogP contribution in [0.1, 0.15) is 5.56 Å². The average Bonchev–Trinajstić information content (AvgIpc) is 2.42. The lowest BCUT2D eigenvalue weighted by molar-refractivity contribution is -0.131. The van der Waals surface area contributed by atoms with Crippen LogP contribution in [0.5, 0.6) is 17.2 Å². The van der Waals surface area contributed by atoms with E-state index in [0.29, 0.717) is 22.8 Å². The second-order valence-corrected chi connectivity index (χ2v) is 3.42. The Balaban J connectivity index is 3.46. The molecule has 1 rings (SSSR count). The Morgan fingerprint density at radius 1 is 1.21 bits per heavy atom. The first-order valence-electron chi connectivity index (χ1n) is 5.22. The fourth-order valence-electron chi connectivity index (χ4n) is 1.54. The van der Waals surface area contributed by atoms with Gasteiger partial charge in [0, 0.05) is 11.6 Å². The standard InChI is InChI=1S/C13H13NO5/c1-17-10-4-8(9(7-14)6-12(15)16)5-11(18-2)13(10)19-3/h4-6H,1-3H3,(H,15,16)/b9-6+. The normalized spacial score (nSPS) is 10.5. The van der Waals surface area contributed by atoms with Crippen LogP contribution in [0.4, 0.5) is 0 Å². The van der Waals surface area contributed by atoms with Crippen molar-refractivity contribution in [3.05, 3.63) is 23.8 Å². The molecular weight excluding hydrogens is 250 g/mol. The Hall–Kier alpha value is -2.68. The topological polar surface area (TPSA) is 88.8 Å². The number of benzene rings is 1. The zero-order valence-electron chi connectivity index (χ0n) is 10.8. The number of nitriles is 1. The van der Waals surface area contributed by atoms with Crippen LogP contribution < -0.4 is 14.2 Å². The summed E-state index contributed by atoms with van der Waals surface area (Å²) >= 11 is 0. The van der Waals surface area contributed by atoms with Crippen LogP contribution in [0, 0.1) is 11.3 Å². The minimum Gasteiger partial charge on any atom is -0.493 e. The molecule has 0 spiro atoms. The smallest absolute Gasteiger partial charge is 0.329 e. The number of hydrogen-bond donors (Lipinski definition) is 1. The van der Waals surface area contributed by atoms with Crippen LogP contribution in [0.3, 0.4) is 0 Å². The number of ether oxygens (including phenoxy) is 3. The van der Waals surface area contributed by atoms with Crippen molar-refractivity contribution in [2.24, 2.45) is 0 Å². The van der Waals surface area contributed by atoms with Crippen molar-refractivity contribution in [3.8, 4) is 23.3 Å². The van der Waals surface area contributed by atoms with E-state index in [9.17, 15) is 4.79 Å². The lowest BCUT2D eigenvalue weighted by atomic mass is 10.1. The lowest BCUT2D eigenvalue weighted by Crippen LogP contribution is -1.97. The number of carbonyl (C=O) groups is 1. The van der Waals surface area contributed by atoms with Gasteiger partial charge in [0.2, 0.25) is 5.75 Å². The van der Waals surface area contributed by atoms with Gasteiger partial charge in [0.1, 0.15) is 6.07 Å². The highest BCUT2D eigenvalue weighted by molar-refractivity contribution is 5.94. The lowest BCUT2D eigenvalue weighted by Gasteiger charge is -2.13. The third kappa shape index (κ3) is 3.16. The van der Waals surface area contributed by atoms with E-state index in [1.807, 2.05) is 6.07 Å². The number of carboxylic acid groups (broad SMARTS) is 1. The van der Waals surface area contributed by atoms with E-state index in [-0.39, 0.29) is 5.57 Å². The van der Waals surface area contributed by atoms with Gasteiger partial charge in [-0.25, -0.2) is 4.79 Å². The summed E-state index contributed by atoms with van der Waals surface area (Å²) in [6, 6.07) is 4.84. The first kappa shape index (κ1) is 14.4. The maximum atomic E-state index is 10.7. The van der Waals surface area contributed by atoms with Crippen molar-refractivity contribution in [2.45, 2.75) is 0 Å². The van der Waals surface area contributed by atoms with Gasteiger partial charge in [-0.15, -0.1) is 0 Å². The first-order chi connectivity index (χ1) is 9.07. The third-order valence-electron chi connectivity index (χ3n) is 2.36. The van der Waals surface area contributed by atoms with Gasteiger partial charge in [0.15, 0.2) is 11.5 Å². The third-order valence-corrected chi connectivity index (χ3v) is 2.36. The van der Waals surface area contributed by atoms with E-state index < -0.39 is 5.97 Å². The van der Waals surface area contributed by atoms with Gasteiger partial charge < -0.3 is 19.3 Å². The van der Waals surface area contributed by atoms with E-state index in [2.05, 4.69) is 0 Å². The minimum atomic E-state index is -1.20. The molecule has 1 aromatic rings. The van der Waals surface area contributed by atoms with E-state index in [0.717, 1.165) is 6.08 Å². The van der Waals surface area contributed by atoms with Crippen LogP contribution in [0.15, 0.2) is 18.2 Å². The Labute approximate surface area is 110 Å². The molecule has 0 radical (unpaired) electrons. The molecule has 0 fully saturated rings. The zero-order chi connectivity index (χ0) is 14.4. The van der Waals surface area contributed by atoms with Crippen molar-refractivity contribution < 1.29 is 24.1 Å². The largest absolute Gasteiger partial charge is 0.493 e. The molecule has 0 heterocycles. The Morgan fingerprint density at radius 3 is 2.05 bits per heavy atom. The van der Waals surface area contributed by atoms with Crippen LogP contribution in [0.25, 0.3) is 5.57 Å². The van der Waals surface area contributed by atoms with Crippen LogP contribution >= 0.6 is 0 Å². The Morgan fingerprint density at radius 2 is 1.74 bits per heavy atom. The molecule has 100 valence electrons. The monoisotopic (exact) mass is 263 g/mol. The molecule has 0 amide bonds. The SMILES string of the molecule is COc1cc(/C(C#N)=C/C(=O)O)cc(OC)c1OC. The number of allylic oxidation sites excluding steroid dienone is 1. The van der Waals surface area contributed by atoms with Gasteiger partial charge in [0.25, 0.3) is 0 Å². The summed E-state index contributed by atoms with van der Waals surface area (Å²) in [6.07, 6.45) is 0.820. The molecule has 0 aliphatic heterocycles. The number of methoxy groups -OCH3 is 3. The molecule has 1 aromatic carbocycles. The maximum Gasteiger partial charge on any atom is 0.329 e. The van der Waals surface area contributed by atoms with Gasteiger partial charge in [-0.1, -0.05) is 0 Å². The highest BCUT2D eigenvalue weighted by Crippen LogP contribution is 2.39. The maximum absolute atomic E-state index is 10.7. The number of hydrogen-bond acceptors (Lipinski definition) is 5. The van der Waals surface area contributed by atoms with Gasteiger partial charge >= 0.3 is 5.97 Å². The van der Waals surface area contributed by atoms with Crippen molar-refractivity contribution >= 4 is 11.5 Å². The summed E-state index contributed by atoms with van der Waals surface area (Å²) in [5.41, 5.74) is 0.367. The van der Waals surface area contributed by atoms with Gasteiger partial charge in [0.05, 0.1) is 26.9 Å². The van der Waals surface area contributed by atoms with Crippen LogP contribution in [0.2, 0.25) is 0 Å². The first-order valence-corrected chi connectivity index (χ1v) is 5.22. The van der Waals surface area contributed by atoms with Gasteiger partial charge in [-0.3, -0.25) is 0 Å². The number of rotatable bonds is 5. The summed E-state index contributed by atoms with van der Waals surface area (Å²) in [6.45, 7) is 0. The number of nitrogens with zero attached hydrogens (tertiary/aromatic N) is 1. The fraction of sp³-hybridized carbons (Fsp3) is 0.231. The zero-order valence-corrected chi connectivity index (χ0v) is 10.8. The molecule has 0 aromatic heterocycles. The molecule has 0 atom stereocenters. The molecule has 0 aliphatic rings. The molecule has 1 N–H and O–H groups in total. The molecule has 6 nitrogen and oxygen atoms in total. The van der Waals surface area contributed by atoms with Gasteiger partial charge in [-0.2, -0.15) is 5.26 Å². The predicted molar refractivity (Wildman–Crippen MR) is 67.3 cm³/mol. The summed E-state index contributed by atoms with van der Waals surface area (Å²) in [4.78, 5) is 10.7. The van der Waals surface area contributed by atoms with E-state index in [4.69, 9.17) is 24.6 Å². The summed E-state index contributed by atoms with van der Waals surface area (Å²) in [5, 5.41) is 17.7. The summed E-state index contributed by atoms with van der Waals surface area (Å²) in [7, 11) is 4.33. The highest BCUT2D eigenvalue weighted by atomic mass is 16.5. The van der Waals surface area contributed by atoms with Crippen LogP contribution in [-0.2, 0) is 4.79 Å². The van der Waals surface area contributed by atoms with E-state index in [1.165, 1.54) is 33.5 Å².